The highest BCUT2D eigenvalue weighted by Crippen LogP contribution is 2.43. The Morgan fingerprint density at radius 1 is 1.17 bits per heavy atom. The molecule has 0 atom stereocenters. The Labute approximate surface area is 133 Å². The van der Waals surface area contributed by atoms with Crippen LogP contribution in [0.4, 0.5) is 16.2 Å². The molecule has 1 N–H and O–H groups in total. The number of rotatable bonds is 3. The normalized spacial score (nSPS) is 17.9. The number of amides is 2. The maximum Gasteiger partial charge on any atom is 0.329 e. The van der Waals surface area contributed by atoms with E-state index >= 15 is 0 Å². The molecule has 118 valence electrons. The fourth-order valence-corrected chi connectivity index (χ4v) is 3.17. The molecule has 2 aromatic heterocycles. The number of H-pyrrole nitrogens is 1. The van der Waals surface area contributed by atoms with Crippen LogP contribution in [-0.4, -0.2) is 29.1 Å². The number of aromatic nitrogens is 2. The lowest BCUT2D eigenvalue weighted by Gasteiger charge is -2.20. The largest absolute Gasteiger partial charge is 0.329 e. The molecule has 2 fully saturated rings. The van der Waals surface area contributed by atoms with Crippen molar-refractivity contribution in [1.29, 1.82) is 0 Å². The van der Waals surface area contributed by atoms with Gasteiger partial charge in [-0.25, -0.2) is 4.79 Å². The Bertz CT molecular complexity index is 825. The first kappa shape index (κ1) is 14.0. The van der Waals surface area contributed by atoms with Gasteiger partial charge in [0.1, 0.15) is 5.69 Å². The van der Waals surface area contributed by atoms with E-state index in [1.54, 1.807) is 22.2 Å². The van der Waals surface area contributed by atoms with Crippen LogP contribution in [0.15, 0.2) is 35.4 Å². The van der Waals surface area contributed by atoms with Crippen LogP contribution in [-0.2, 0) is 0 Å². The molecule has 0 aromatic carbocycles. The van der Waals surface area contributed by atoms with Gasteiger partial charge in [-0.05, 0) is 49.4 Å². The molecule has 0 spiro atoms. The highest BCUT2D eigenvalue weighted by Gasteiger charge is 2.36. The Hall–Kier alpha value is -2.63. The van der Waals surface area contributed by atoms with Gasteiger partial charge >= 0.3 is 6.03 Å². The molecule has 2 amide bonds. The summed E-state index contributed by atoms with van der Waals surface area (Å²) in [6.45, 7) is 2.99. The summed E-state index contributed by atoms with van der Waals surface area (Å²) in [6.07, 6.45) is 5.55. The van der Waals surface area contributed by atoms with Crippen molar-refractivity contribution in [3.63, 3.8) is 0 Å². The van der Waals surface area contributed by atoms with Crippen LogP contribution in [0, 0.1) is 6.92 Å². The summed E-state index contributed by atoms with van der Waals surface area (Å²) >= 11 is 0. The molecule has 2 aromatic rings. The molecule has 4 rings (SSSR count). The number of aromatic amines is 1. The summed E-state index contributed by atoms with van der Waals surface area (Å²) in [4.78, 5) is 35.4. The van der Waals surface area contributed by atoms with Gasteiger partial charge in [-0.2, -0.15) is 0 Å². The molecule has 6 nitrogen and oxygen atoms in total. The molecule has 0 unspecified atom stereocenters. The third-order valence-electron chi connectivity index (χ3n) is 4.45. The number of hydrogen-bond donors (Lipinski definition) is 1. The topological polar surface area (TPSA) is 69.3 Å². The molecule has 3 heterocycles. The van der Waals surface area contributed by atoms with Gasteiger partial charge in [0.2, 0.25) is 0 Å². The van der Waals surface area contributed by atoms with E-state index in [0.29, 0.717) is 24.7 Å². The minimum Gasteiger partial charge on any atom is -0.327 e. The Balaban J connectivity index is 1.70. The number of pyridine rings is 2. The van der Waals surface area contributed by atoms with Crippen molar-refractivity contribution in [3.8, 4) is 0 Å². The first-order valence-electron chi connectivity index (χ1n) is 7.88. The summed E-state index contributed by atoms with van der Waals surface area (Å²) in [5.74, 6) is 0.414. The van der Waals surface area contributed by atoms with Gasteiger partial charge in [0.15, 0.2) is 0 Å². The van der Waals surface area contributed by atoms with Crippen molar-refractivity contribution < 1.29 is 4.79 Å². The molecule has 6 heteroatoms. The Morgan fingerprint density at radius 2 is 1.96 bits per heavy atom. The third kappa shape index (κ3) is 2.40. The van der Waals surface area contributed by atoms with Crippen molar-refractivity contribution in [2.75, 3.05) is 22.9 Å². The number of carbonyl (C=O) groups is 1. The number of anilines is 2. The van der Waals surface area contributed by atoms with Gasteiger partial charge in [-0.1, -0.05) is 0 Å². The zero-order chi connectivity index (χ0) is 16.0. The molecular formula is C17H18N4O2. The zero-order valence-electron chi connectivity index (χ0n) is 13.0. The minimum absolute atomic E-state index is 0.144. The van der Waals surface area contributed by atoms with Gasteiger partial charge in [0, 0.05) is 36.9 Å². The van der Waals surface area contributed by atoms with E-state index in [9.17, 15) is 9.59 Å². The lowest BCUT2D eigenvalue weighted by atomic mass is 10.1. The van der Waals surface area contributed by atoms with Crippen LogP contribution in [0.1, 0.15) is 30.0 Å². The standard InChI is InChI=1S/C17H18N4O2/c1-11-10-13(4-6-18-11)20-8-9-21(17(20)23)15-14(12-2-3-12)5-7-19-16(15)22/h4-7,10,12H,2-3,8-9H2,1H3,(H,19,22). The van der Waals surface area contributed by atoms with Crippen LogP contribution < -0.4 is 15.4 Å². The molecule has 1 aliphatic carbocycles. The van der Waals surface area contributed by atoms with Crippen molar-refractivity contribution in [2.24, 2.45) is 0 Å². The predicted octanol–water partition coefficient (Wildman–Crippen LogP) is 2.40. The van der Waals surface area contributed by atoms with Gasteiger partial charge < -0.3 is 4.98 Å². The van der Waals surface area contributed by atoms with Crippen LogP contribution in [0.25, 0.3) is 0 Å². The highest BCUT2D eigenvalue weighted by atomic mass is 16.2. The van der Waals surface area contributed by atoms with Gasteiger partial charge in [0.25, 0.3) is 5.56 Å². The van der Waals surface area contributed by atoms with E-state index in [2.05, 4.69) is 9.97 Å². The van der Waals surface area contributed by atoms with Gasteiger partial charge in [-0.3, -0.25) is 19.6 Å². The van der Waals surface area contributed by atoms with Crippen molar-refractivity contribution in [1.82, 2.24) is 9.97 Å². The highest BCUT2D eigenvalue weighted by molar-refractivity contribution is 6.06. The van der Waals surface area contributed by atoms with Gasteiger partial charge in [-0.15, -0.1) is 0 Å². The number of nitrogens with one attached hydrogen (secondary N) is 1. The Kier molecular flexibility index (Phi) is 3.18. The second kappa shape index (κ2) is 5.22. The van der Waals surface area contributed by atoms with E-state index in [1.165, 1.54) is 0 Å². The molecule has 0 radical (unpaired) electrons. The minimum atomic E-state index is -0.185. The lowest BCUT2D eigenvalue weighted by molar-refractivity contribution is 0.255. The molecule has 1 saturated heterocycles. The van der Waals surface area contributed by atoms with E-state index in [-0.39, 0.29) is 11.6 Å². The lowest BCUT2D eigenvalue weighted by Crippen LogP contribution is -2.35. The average molecular weight is 310 g/mol. The van der Waals surface area contributed by atoms with E-state index in [4.69, 9.17) is 0 Å². The van der Waals surface area contributed by atoms with Crippen molar-refractivity contribution in [2.45, 2.75) is 25.7 Å². The summed E-state index contributed by atoms with van der Waals surface area (Å²) in [5.41, 5.74) is 3.02. The third-order valence-corrected chi connectivity index (χ3v) is 4.45. The average Bonchev–Trinajstić information content (AvgIpc) is 3.31. The molecular weight excluding hydrogens is 292 g/mol. The van der Waals surface area contributed by atoms with Crippen LogP contribution in [0.3, 0.4) is 0 Å². The number of hydrogen-bond acceptors (Lipinski definition) is 3. The van der Waals surface area contributed by atoms with Crippen molar-refractivity contribution >= 4 is 17.4 Å². The maximum atomic E-state index is 12.8. The first-order chi connectivity index (χ1) is 11.1. The second-order valence-corrected chi connectivity index (χ2v) is 6.13. The predicted molar refractivity (Wildman–Crippen MR) is 88.1 cm³/mol. The van der Waals surface area contributed by atoms with Crippen LogP contribution >= 0.6 is 0 Å². The smallest absolute Gasteiger partial charge is 0.327 e. The molecule has 1 saturated carbocycles. The monoisotopic (exact) mass is 310 g/mol. The maximum absolute atomic E-state index is 12.8. The van der Waals surface area contributed by atoms with E-state index in [0.717, 1.165) is 29.8 Å². The number of aryl methyl sites for hydroxylation is 1. The summed E-state index contributed by atoms with van der Waals surface area (Å²) < 4.78 is 0. The van der Waals surface area contributed by atoms with E-state index < -0.39 is 0 Å². The fraction of sp³-hybridized carbons (Fsp3) is 0.353. The Morgan fingerprint density at radius 3 is 2.70 bits per heavy atom. The number of carbonyl (C=O) groups excluding carboxylic acids is 1. The second-order valence-electron chi connectivity index (χ2n) is 6.13. The summed E-state index contributed by atoms with van der Waals surface area (Å²) in [7, 11) is 0. The van der Waals surface area contributed by atoms with Crippen molar-refractivity contribution in [3.05, 3.63) is 52.2 Å². The molecule has 23 heavy (non-hydrogen) atoms. The van der Waals surface area contributed by atoms with E-state index in [1.807, 2.05) is 25.1 Å². The fourth-order valence-electron chi connectivity index (χ4n) is 3.17. The molecule has 0 bridgehead atoms. The first-order valence-corrected chi connectivity index (χ1v) is 7.88. The van der Waals surface area contributed by atoms with Crippen LogP contribution in [0.5, 0.6) is 0 Å². The summed E-state index contributed by atoms with van der Waals surface area (Å²) in [5, 5.41) is 0. The van der Waals surface area contributed by atoms with Gasteiger partial charge in [0.05, 0.1) is 0 Å². The number of nitrogens with zero attached hydrogens (tertiary/aromatic N) is 3. The molecule has 1 aliphatic heterocycles. The molecule has 2 aliphatic rings. The zero-order valence-corrected chi connectivity index (χ0v) is 13.0. The number of urea groups is 1. The van der Waals surface area contributed by atoms with Crippen LogP contribution in [0.2, 0.25) is 0 Å². The SMILES string of the molecule is Cc1cc(N2CCN(c3c(C4CC4)cc[nH]c3=O)C2=O)ccn1. The quantitative estimate of drug-likeness (QED) is 0.946. The summed E-state index contributed by atoms with van der Waals surface area (Å²) in [6, 6.07) is 5.50.